The van der Waals surface area contributed by atoms with Gasteiger partial charge in [0.1, 0.15) is 5.58 Å². The van der Waals surface area contributed by atoms with Gasteiger partial charge in [-0.25, -0.2) is 0 Å². The Morgan fingerprint density at radius 1 is 0.553 bits per heavy atom. The molecule has 2 aliphatic carbocycles. The van der Waals surface area contributed by atoms with Crippen LogP contribution in [0.25, 0.3) is 72.0 Å². The van der Waals surface area contributed by atoms with Crippen molar-refractivity contribution >= 4 is 84.4 Å². The van der Waals surface area contributed by atoms with E-state index in [1.54, 1.807) is 0 Å². The number of hydrogen-bond donors (Lipinski definition) is 0. The molecule has 2 aromatic heterocycles. The van der Waals surface area contributed by atoms with E-state index in [9.17, 15) is 0 Å². The maximum Gasteiger partial charge on any atom is 0.252 e. The molecule has 2 atom stereocenters. The van der Waals surface area contributed by atoms with E-state index < -0.39 is 0 Å². The zero-order valence-corrected chi connectivity index (χ0v) is 44.6. The second-order valence-electron chi connectivity index (χ2n) is 24.7. The SMILES string of the molecule is CC(C)(C)c1cc2c3c(c1)c1c(n3-c3cc(N(c4ccc(-c5ccccc5-c5ccccc5)cc4)c4cccc5c4oc4ccccc45)cc4c3B2c2cccc3c2N4C2(C)CCCCC32C)-c2ccccc2C1(C)C. The largest absolute Gasteiger partial charge is 0.454 e. The maximum atomic E-state index is 7.04. The molecule has 76 heavy (non-hydrogen) atoms. The molecule has 368 valence electrons. The lowest BCUT2D eigenvalue weighted by molar-refractivity contribution is 0.195. The van der Waals surface area contributed by atoms with E-state index >= 15 is 0 Å². The molecule has 3 aliphatic heterocycles. The Kier molecular flexibility index (Phi) is 8.80. The lowest BCUT2D eigenvalue weighted by Crippen LogP contribution is -2.64. The fourth-order valence-electron chi connectivity index (χ4n) is 15.6. The van der Waals surface area contributed by atoms with Crippen molar-refractivity contribution in [2.75, 3.05) is 9.80 Å². The minimum Gasteiger partial charge on any atom is -0.454 e. The summed E-state index contributed by atoms with van der Waals surface area (Å²) in [4.78, 5) is 5.40. The van der Waals surface area contributed by atoms with Gasteiger partial charge in [0.15, 0.2) is 5.58 Å². The van der Waals surface area contributed by atoms with Crippen molar-refractivity contribution in [3.05, 3.63) is 210 Å². The van der Waals surface area contributed by atoms with Crippen LogP contribution >= 0.6 is 0 Å². The van der Waals surface area contributed by atoms with Crippen LogP contribution in [0.3, 0.4) is 0 Å². The van der Waals surface area contributed by atoms with Gasteiger partial charge in [-0.3, -0.25) is 0 Å². The van der Waals surface area contributed by atoms with E-state index in [4.69, 9.17) is 4.42 Å². The van der Waals surface area contributed by atoms with E-state index in [0.717, 1.165) is 45.4 Å². The third-order valence-electron chi connectivity index (χ3n) is 19.4. The molecule has 5 heteroatoms. The van der Waals surface area contributed by atoms with Gasteiger partial charge in [-0.15, -0.1) is 0 Å². The fraction of sp³-hybridized carbons (Fsp3) is 0.211. The molecule has 2 unspecified atom stereocenters. The molecule has 0 radical (unpaired) electrons. The molecule has 0 bridgehead atoms. The highest BCUT2D eigenvalue weighted by molar-refractivity contribution is 7.00. The molecule has 4 nitrogen and oxygen atoms in total. The summed E-state index contributed by atoms with van der Waals surface area (Å²) >= 11 is 0. The molecule has 5 heterocycles. The van der Waals surface area contributed by atoms with Crippen LogP contribution in [-0.2, 0) is 16.2 Å². The van der Waals surface area contributed by atoms with Gasteiger partial charge < -0.3 is 18.8 Å². The van der Waals surface area contributed by atoms with Crippen molar-refractivity contribution in [1.29, 1.82) is 0 Å². The first-order chi connectivity index (χ1) is 36.8. The molecular weight excluding hydrogens is 922 g/mol. The Balaban J connectivity index is 1.03. The predicted octanol–water partition coefficient (Wildman–Crippen LogP) is 16.8. The highest BCUT2D eigenvalue weighted by atomic mass is 16.3. The summed E-state index contributed by atoms with van der Waals surface area (Å²) in [5.74, 6) is 0. The molecule has 11 aromatic rings. The first kappa shape index (κ1) is 44.3. The summed E-state index contributed by atoms with van der Waals surface area (Å²) in [5, 5.41) is 3.62. The second kappa shape index (κ2) is 15.1. The van der Waals surface area contributed by atoms with Crippen LogP contribution in [0.4, 0.5) is 28.4 Å². The van der Waals surface area contributed by atoms with Gasteiger partial charge in [0.05, 0.1) is 22.6 Å². The molecule has 16 rings (SSSR count). The average molecular weight is 982 g/mol. The van der Waals surface area contributed by atoms with Crippen molar-refractivity contribution in [2.45, 2.75) is 95.9 Å². The zero-order valence-electron chi connectivity index (χ0n) is 44.6. The van der Waals surface area contributed by atoms with Crippen molar-refractivity contribution in [1.82, 2.24) is 4.57 Å². The van der Waals surface area contributed by atoms with Gasteiger partial charge in [-0.05, 0) is 129 Å². The van der Waals surface area contributed by atoms with Gasteiger partial charge in [0, 0.05) is 60.8 Å². The Labute approximate surface area is 446 Å². The predicted molar refractivity (Wildman–Crippen MR) is 320 cm³/mol. The number of hydrogen-bond acceptors (Lipinski definition) is 3. The van der Waals surface area contributed by atoms with Crippen LogP contribution in [0, 0.1) is 0 Å². The molecular formula is C71H60BN3O. The minimum absolute atomic E-state index is 0.0273. The quantitative estimate of drug-likeness (QED) is 0.161. The Hall–Kier alpha value is -8.02. The van der Waals surface area contributed by atoms with Gasteiger partial charge in [0.2, 0.25) is 0 Å². The Morgan fingerprint density at radius 2 is 1.21 bits per heavy atom. The highest BCUT2D eigenvalue weighted by Crippen LogP contribution is 2.63. The summed E-state index contributed by atoms with van der Waals surface area (Å²) in [6.07, 6.45) is 4.76. The molecule has 0 N–H and O–H groups in total. The first-order valence-corrected chi connectivity index (χ1v) is 27.8. The van der Waals surface area contributed by atoms with E-state index in [1.807, 2.05) is 0 Å². The summed E-state index contributed by atoms with van der Waals surface area (Å²) in [7, 11) is 0. The fourth-order valence-corrected chi connectivity index (χ4v) is 15.6. The molecule has 1 saturated carbocycles. The Bertz CT molecular complexity index is 4300. The monoisotopic (exact) mass is 981 g/mol. The lowest BCUT2D eigenvalue weighted by atomic mass is 9.33. The van der Waals surface area contributed by atoms with E-state index in [-0.39, 0.29) is 28.5 Å². The van der Waals surface area contributed by atoms with Crippen molar-refractivity contribution < 1.29 is 4.42 Å². The van der Waals surface area contributed by atoms with Crippen LogP contribution in [0.5, 0.6) is 0 Å². The van der Waals surface area contributed by atoms with E-state index in [1.165, 1.54) is 119 Å². The van der Waals surface area contributed by atoms with Crippen LogP contribution in [0.1, 0.15) is 96.4 Å². The van der Waals surface area contributed by atoms with Crippen LogP contribution in [-0.4, -0.2) is 16.8 Å². The minimum atomic E-state index is -0.215. The summed E-state index contributed by atoms with van der Waals surface area (Å²) in [5.41, 5.74) is 27.5. The lowest BCUT2D eigenvalue weighted by Gasteiger charge is -2.52. The molecule has 0 saturated heterocycles. The molecule has 0 amide bonds. The summed E-state index contributed by atoms with van der Waals surface area (Å²) in [6.45, 7) is 17.4. The third kappa shape index (κ3) is 5.60. The maximum absolute atomic E-state index is 7.04. The van der Waals surface area contributed by atoms with Crippen LogP contribution < -0.4 is 26.2 Å². The highest BCUT2D eigenvalue weighted by Gasteiger charge is 2.61. The number of para-hydroxylation sites is 3. The molecule has 1 fully saturated rings. The smallest absolute Gasteiger partial charge is 0.252 e. The average Bonchev–Trinajstić information content (AvgIpc) is 4.33. The van der Waals surface area contributed by atoms with Gasteiger partial charge in [0.25, 0.3) is 6.71 Å². The number of fused-ring (bicyclic) bond motifs is 15. The van der Waals surface area contributed by atoms with Crippen LogP contribution in [0.2, 0.25) is 0 Å². The summed E-state index contributed by atoms with van der Waals surface area (Å²) in [6, 6.07) is 71.1. The number of benzene rings is 9. The second-order valence-corrected chi connectivity index (χ2v) is 24.7. The molecule has 9 aromatic carbocycles. The van der Waals surface area contributed by atoms with Gasteiger partial charge in [-0.2, -0.15) is 0 Å². The third-order valence-corrected chi connectivity index (χ3v) is 19.4. The number of furan rings is 1. The Morgan fingerprint density at radius 3 is 2.00 bits per heavy atom. The zero-order chi connectivity index (χ0) is 51.2. The number of rotatable bonds is 5. The molecule has 0 spiro atoms. The topological polar surface area (TPSA) is 24.6 Å². The summed E-state index contributed by atoms with van der Waals surface area (Å²) < 4.78 is 9.79. The number of anilines is 5. The van der Waals surface area contributed by atoms with E-state index in [2.05, 4.69) is 251 Å². The molecule has 5 aliphatic rings. The van der Waals surface area contributed by atoms with Crippen molar-refractivity contribution in [3.8, 4) is 39.2 Å². The van der Waals surface area contributed by atoms with Crippen molar-refractivity contribution in [2.24, 2.45) is 0 Å². The van der Waals surface area contributed by atoms with Gasteiger partial charge >= 0.3 is 0 Å². The van der Waals surface area contributed by atoms with Crippen LogP contribution in [0.15, 0.2) is 192 Å². The normalized spacial score (nSPS) is 19.2. The van der Waals surface area contributed by atoms with Crippen molar-refractivity contribution in [3.63, 3.8) is 0 Å². The van der Waals surface area contributed by atoms with E-state index in [0.29, 0.717) is 0 Å². The van der Waals surface area contributed by atoms with Gasteiger partial charge in [-0.1, -0.05) is 200 Å². The first-order valence-electron chi connectivity index (χ1n) is 27.8. The standard InChI is InChI=1S/C71H60BN3O/c1-68(2,3)45-39-53-62-65(52-26-13-15-28-54(52)69(62,4)5)74-59-41-47(42-60-63(59)72(57(40-45)64(53)74)56-30-20-29-55-66(56)75(60)71(7)38-18-17-37-70(55,71)6)73(58-31-19-27-51-50-25-14-16-32-61(50)76-67(51)58)46-35-33-44(34-36-46)49-24-12-11-23-48(49)43-21-9-8-10-22-43/h8-16,19-36,39-42H,17-18,37-38H2,1-7H3. The number of aromatic nitrogens is 1. The number of nitrogens with zero attached hydrogens (tertiary/aromatic N) is 3.